The molecule has 13 heteroatoms. The lowest BCUT2D eigenvalue weighted by Gasteiger charge is -2.19. The number of rotatable bonds is 12. The lowest BCUT2D eigenvalue weighted by atomic mass is 10.0. The molecule has 1 unspecified atom stereocenters. The molecule has 0 aliphatic heterocycles. The number of hydrogen-bond donors (Lipinski definition) is 3. The molecule has 2 aromatic rings. The normalized spacial score (nSPS) is 13.6. The summed E-state index contributed by atoms with van der Waals surface area (Å²) in [7, 11) is -3.64. The van der Waals surface area contributed by atoms with Crippen molar-refractivity contribution in [3.63, 3.8) is 0 Å². The maximum atomic E-state index is 13.8. The van der Waals surface area contributed by atoms with Crippen LogP contribution in [0.2, 0.25) is 0 Å². The number of hydrogen-bond acceptors (Lipinski definition) is 9. The van der Waals surface area contributed by atoms with E-state index in [9.17, 15) is 22.3 Å². The maximum absolute atomic E-state index is 13.8. The predicted molar refractivity (Wildman–Crippen MR) is 119 cm³/mol. The van der Waals surface area contributed by atoms with Gasteiger partial charge in [0.25, 0.3) is 0 Å². The molecule has 0 saturated carbocycles. The van der Waals surface area contributed by atoms with Crippen molar-refractivity contribution in [2.45, 2.75) is 44.5 Å². The molecule has 0 aliphatic rings. The predicted octanol–water partition coefficient (Wildman–Crippen LogP) is 2.90. The molecule has 1 aromatic heterocycles. The van der Waals surface area contributed by atoms with Crippen LogP contribution < -0.4 is 14.8 Å². The second-order valence-electron chi connectivity index (χ2n) is 7.58. The van der Waals surface area contributed by atoms with Crippen molar-refractivity contribution in [3.8, 4) is 5.75 Å². The number of thioether (sulfide) groups is 1. The summed E-state index contributed by atoms with van der Waals surface area (Å²) in [5, 5.41) is 12.8. The van der Waals surface area contributed by atoms with Gasteiger partial charge in [-0.05, 0) is 31.4 Å². The Bertz CT molecular complexity index is 1010. The van der Waals surface area contributed by atoms with Crippen molar-refractivity contribution in [1.29, 1.82) is 0 Å². The summed E-state index contributed by atoms with van der Waals surface area (Å²) >= 11 is 1.12. The van der Waals surface area contributed by atoms with Gasteiger partial charge in [0.05, 0.1) is 18.9 Å². The number of aliphatic hydroxyl groups excluding tert-OH is 1. The third-order valence-corrected chi connectivity index (χ3v) is 5.52. The molecule has 2 atom stereocenters. The average molecular weight is 492 g/mol. The lowest BCUT2D eigenvalue weighted by molar-refractivity contribution is 0.232. The van der Waals surface area contributed by atoms with Gasteiger partial charge in [-0.3, -0.25) is 4.72 Å². The summed E-state index contributed by atoms with van der Waals surface area (Å²) in [5.41, 5.74) is 0. The third-order valence-electron chi connectivity index (χ3n) is 3.89. The Morgan fingerprint density at radius 1 is 1.16 bits per heavy atom. The van der Waals surface area contributed by atoms with Crippen molar-refractivity contribution in [2.75, 3.05) is 28.7 Å². The molecule has 1 heterocycles. The van der Waals surface area contributed by atoms with Crippen molar-refractivity contribution in [1.82, 2.24) is 15.0 Å². The average Bonchev–Trinajstić information content (AvgIpc) is 2.67. The number of anilines is 2. The first kappa shape index (κ1) is 26.0. The third kappa shape index (κ3) is 8.71. The largest absolute Gasteiger partial charge is 0.487 e. The topological polar surface area (TPSA) is 126 Å². The van der Waals surface area contributed by atoms with Crippen molar-refractivity contribution < 1.29 is 27.0 Å². The van der Waals surface area contributed by atoms with Gasteiger partial charge in [0, 0.05) is 5.75 Å². The van der Waals surface area contributed by atoms with Crippen molar-refractivity contribution in [2.24, 2.45) is 5.92 Å². The van der Waals surface area contributed by atoms with Crippen LogP contribution in [0.1, 0.15) is 27.2 Å². The molecule has 0 bridgehead atoms. The van der Waals surface area contributed by atoms with Gasteiger partial charge in [0.2, 0.25) is 27.7 Å². The van der Waals surface area contributed by atoms with Crippen LogP contribution in [0.15, 0.2) is 23.4 Å². The van der Waals surface area contributed by atoms with Crippen LogP contribution in [-0.2, 0) is 10.0 Å². The Balaban J connectivity index is 2.15. The molecule has 0 saturated heterocycles. The Labute approximate surface area is 190 Å². The molecule has 2 rings (SSSR count). The highest BCUT2D eigenvalue weighted by molar-refractivity contribution is 7.99. The van der Waals surface area contributed by atoms with E-state index in [4.69, 9.17) is 4.74 Å². The number of sulfonamides is 1. The fraction of sp³-hybridized carbons (Fsp3) is 0.526. The molecule has 0 fully saturated rings. The summed E-state index contributed by atoms with van der Waals surface area (Å²) in [5.74, 6) is -1.83. The molecule has 9 nitrogen and oxygen atoms in total. The Morgan fingerprint density at radius 3 is 2.47 bits per heavy atom. The standard InChI is InChI=1S/C19H27F2N5O4S2/c1-11(2)8-13(9-27)22-17-23-18(26-32(4,28)29)25-19(24-17)31-10-12(3)30-15-7-5-6-14(20)16(15)21/h5-7,11-13,27H,8-10H2,1-4H3,(H2,22,23,24,25,26)/t12?,13-/m1/s1. The molecule has 178 valence electrons. The zero-order chi connectivity index (χ0) is 23.9. The van der Waals surface area contributed by atoms with Crippen molar-refractivity contribution in [3.05, 3.63) is 29.8 Å². The van der Waals surface area contributed by atoms with Crippen LogP contribution in [-0.4, -0.2) is 59.2 Å². The minimum absolute atomic E-state index is 0.0955. The van der Waals surface area contributed by atoms with Gasteiger partial charge in [0.1, 0.15) is 6.10 Å². The van der Waals surface area contributed by atoms with E-state index in [1.165, 1.54) is 12.1 Å². The number of ether oxygens (including phenoxy) is 1. The molecule has 0 aliphatic carbocycles. The molecule has 1 aromatic carbocycles. The number of nitrogens with zero attached hydrogens (tertiary/aromatic N) is 3. The van der Waals surface area contributed by atoms with E-state index in [2.05, 4.69) is 25.0 Å². The summed E-state index contributed by atoms with van der Waals surface area (Å²) in [6.07, 6.45) is 1.07. The van der Waals surface area contributed by atoms with Crippen molar-refractivity contribution >= 4 is 33.7 Å². The van der Waals surface area contributed by atoms with Gasteiger partial charge in [-0.1, -0.05) is 31.7 Å². The number of aliphatic hydroxyl groups is 1. The quantitative estimate of drug-likeness (QED) is 0.384. The van der Waals surface area contributed by atoms with Gasteiger partial charge in [0.15, 0.2) is 16.7 Å². The first-order valence-electron chi connectivity index (χ1n) is 9.81. The highest BCUT2D eigenvalue weighted by Crippen LogP contribution is 2.24. The zero-order valence-corrected chi connectivity index (χ0v) is 19.8. The van der Waals surface area contributed by atoms with Gasteiger partial charge in [-0.2, -0.15) is 19.3 Å². The van der Waals surface area contributed by atoms with Crippen LogP contribution in [0.4, 0.5) is 20.7 Å². The van der Waals surface area contributed by atoms with Crippen LogP contribution in [0, 0.1) is 17.6 Å². The maximum Gasteiger partial charge on any atom is 0.242 e. The van der Waals surface area contributed by atoms with Crippen LogP contribution in [0.5, 0.6) is 5.75 Å². The zero-order valence-electron chi connectivity index (χ0n) is 18.2. The fourth-order valence-electron chi connectivity index (χ4n) is 2.65. The molecule has 0 radical (unpaired) electrons. The van der Waals surface area contributed by atoms with Crippen LogP contribution in [0.3, 0.4) is 0 Å². The van der Waals surface area contributed by atoms with Crippen LogP contribution in [0.25, 0.3) is 0 Å². The molecular formula is C19H27F2N5O4S2. The smallest absolute Gasteiger partial charge is 0.242 e. The van der Waals surface area contributed by atoms with E-state index in [-0.39, 0.29) is 41.2 Å². The lowest BCUT2D eigenvalue weighted by Crippen LogP contribution is -2.27. The monoisotopic (exact) mass is 491 g/mol. The Morgan fingerprint density at radius 2 is 1.84 bits per heavy atom. The minimum atomic E-state index is -3.64. The minimum Gasteiger partial charge on any atom is -0.487 e. The molecular weight excluding hydrogens is 464 g/mol. The van der Waals surface area contributed by atoms with Gasteiger partial charge < -0.3 is 15.2 Å². The van der Waals surface area contributed by atoms with Gasteiger partial charge in [-0.15, -0.1) is 0 Å². The van der Waals surface area contributed by atoms with E-state index in [0.717, 1.165) is 24.1 Å². The Kier molecular flexibility index (Phi) is 9.40. The number of benzene rings is 1. The van der Waals surface area contributed by atoms with E-state index < -0.39 is 27.8 Å². The summed E-state index contributed by atoms with van der Waals surface area (Å²) in [6.45, 7) is 5.50. The van der Waals surface area contributed by atoms with E-state index in [1.54, 1.807) is 6.92 Å². The van der Waals surface area contributed by atoms with Crippen LogP contribution >= 0.6 is 11.8 Å². The van der Waals surface area contributed by atoms with E-state index >= 15 is 0 Å². The highest BCUT2D eigenvalue weighted by Gasteiger charge is 2.17. The van der Waals surface area contributed by atoms with E-state index in [1.807, 2.05) is 13.8 Å². The SMILES string of the molecule is CC(C)C[C@H](CO)Nc1nc(NS(C)(=O)=O)nc(SCC(C)Oc2cccc(F)c2F)n1. The van der Waals surface area contributed by atoms with Gasteiger partial charge in [-0.25, -0.2) is 12.8 Å². The second-order valence-corrected chi connectivity index (χ2v) is 10.3. The molecule has 3 N–H and O–H groups in total. The Hall–Kier alpha value is -2.25. The van der Waals surface area contributed by atoms with E-state index in [0.29, 0.717) is 12.3 Å². The first-order chi connectivity index (χ1) is 15.0. The highest BCUT2D eigenvalue weighted by atomic mass is 32.2. The van der Waals surface area contributed by atoms with Gasteiger partial charge >= 0.3 is 0 Å². The summed E-state index contributed by atoms with van der Waals surface area (Å²) < 4.78 is 58.0. The number of nitrogens with one attached hydrogen (secondary N) is 2. The number of aromatic nitrogens is 3. The number of halogens is 2. The molecule has 0 amide bonds. The first-order valence-corrected chi connectivity index (χ1v) is 12.7. The summed E-state index contributed by atoms with van der Waals surface area (Å²) in [4.78, 5) is 12.4. The second kappa shape index (κ2) is 11.6. The molecule has 32 heavy (non-hydrogen) atoms. The fourth-order valence-corrected chi connectivity index (χ4v) is 3.82. The molecule has 0 spiro atoms. The summed E-state index contributed by atoms with van der Waals surface area (Å²) in [6, 6.07) is 3.33.